The van der Waals surface area contributed by atoms with Crippen LogP contribution in [-0.4, -0.2) is 19.1 Å². The number of hydrogen-bond acceptors (Lipinski definition) is 5. The molecule has 0 aliphatic rings. The number of benzene rings is 2. The highest BCUT2D eigenvalue weighted by atomic mass is 32.2. The lowest BCUT2D eigenvalue weighted by Crippen LogP contribution is -2.37. The third kappa shape index (κ3) is 3.57. The Hall–Kier alpha value is -3.19. The summed E-state index contributed by atoms with van der Waals surface area (Å²) in [6.45, 7) is 4.08. The summed E-state index contributed by atoms with van der Waals surface area (Å²) < 4.78 is 2.52. The molecule has 0 saturated carbocycles. The van der Waals surface area contributed by atoms with E-state index in [1.165, 1.54) is 23.4 Å². The molecule has 0 N–H and O–H groups in total. The Morgan fingerprint density at radius 2 is 1.67 bits per heavy atom. The zero-order chi connectivity index (χ0) is 21.4. The Morgan fingerprint density at radius 1 is 0.933 bits per heavy atom. The van der Waals surface area contributed by atoms with Crippen molar-refractivity contribution < 1.29 is 0 Å². The quantitative estimate of drug-likeness (QED) is 0.372. The van der Waals surface area contributed by atoms with Gasteiger partial charge in [-0.15, -0.1) is 0 Å². The normalized spacial score (nSPS) is 12.3. The zero-order valence-corrected chi connectivity index (χ0v) is 18.1. The third-order valence-electron chi connectivity index (χ3n) is 5.10. The van der Waals surface area contributed by atoms with E-state index in [0.717, 1.165) is 21.3 Å². The van der Waals surface area contributed by atoms with E-state index >= 15 is 0 Å². The highest BCUT2D eigenvalue weighted by Gasteiger charge is 2.20. The van der Waals surface area contributed by atoms with Crippen LogP contribution in [-0.2, 0) is 14.1 Å². The van der Waals surface area contributed by atoms with Crippen LogP contribution in [0, 0.1) is 6.92 Å². The molecule has 2 heterocycles. The molecule has 0 aliphatic carbocycles. The van der Waals surface area contributed by atoms with Crippen LogP contribution in [0.2, 0.25) is 0 Å². The fourth-order valence-electron chi connectivity index (χ4n) is 3.39. The Labute approximate surface area is 178 Å². The van der Waals surface area contributed by atoms with Gasteiger partial charge in [0, 0.05) is 24.9 Å². The van der Waals surface area contributed by atoms with Crippen LogP contribution in [0.15, 0.2) is 69.2 Å². The smallest absolute Gasteiger partial charge is 0.280 e. The molecule has 0 unspecified atom stereocenters. The number of hydrogen-bond donors (Lipinski definition) is 0. The summed E-state index contributed by atoms with van der Waals surface area (Å²) in [6.07, 6.45) is 0. The summed E-state index contributed by atoms with van der Waals surface area (Å²) in [5.41, 5.74) is 2.62. The van der Waals surface area contributed by atoms with Crippen molar-refractivity contribution in [3.05, 3.63) is 86.6 Å². The van der Waals surface area contributed by atoms with E-state index in [4.69, 9.17) is 4.98 Å². The summed E-state index contributed by atoms with van der Waals surface area (Å²) in [5, 5.41) is 1.00. The van der Waals surface area contributed by atoms with Crippen molar-refractivity contribution in [2.24, 2.45) is 14.1 Å². The van der Waals surface area contributed by atoms with Crippen LogP contribution in [0.25, 0.3) is 22.4 Å². The second-order valence-electron chi connectivity index (χ2n) is 7.30. The van der Waals surface area contributed by atoms with E-state index in [1.807, 2.05) is 49.4 Å². The number of rotatable bonds is 4. The molecule has 0 bridgehead atoms. The predicted molar refractivity (Wildman–Crippen MR) is 121 cm³/mol. The highest BCUT2D eigenvalue weighted by Crippen LogP contribution is 2.36. The maximum absolute atomic E-state index is 13.0. The Bertz CT molecular complexity index is 1360. The molecule has 1 atom stereocenters. The zero-order valence-electron chi connectivity index (χ0n) is 17.3. The van der Waals surface area contributed by atoms with Crippen LogP contribution in [0.5, 0.6) is 0 Å². The van der Waals surface area contributed by atoms with Gasteiger partial charge in [0.15, 0.2) is 11.5 Å². The summed E-state index contributed by atoms with van der Waals surface area (Å²) in [4.78, 5) is 34.9. The summed E-state index contributed by atoms with van der Waals surface area (Å²) in [6, 6.07) is 17.9. The van der Waals surface area contributed by atoms with Gasteiger partial charge in [-0.1, -0.05) is 65.9 Å². The molecule has 0 aliphatic heterocycles. The van der Waals surface area contributed by atoms with E-state index in [9.17, 15) is 9.59 Å². The molecular weight excluding hydrogens is 396 g/mol. The molecule has 4 rings (SSSR count). The number of aromatic nitrogens is 4. The van der Waals surface area contributed by atoms with Gasteiger partial charge in [-0.3, -0.25) is 13.9 Å². The number of nitrogens with zero attached hydrogens (tertiary/aromatic N) is 4. The van der Waals surface area contributed by atoms with Gasteiger partial charge in [0.2, 0.25) is 0 Å². The molecule has 0 fully saturated rings. The van der Waals surface area contributed by atoms with E-state index in [1.54, 1.807) is 7.05 Å². The summed E-state index contributed by atoms with van der Waals surface area (Å²) >= 11 is 1.50. The summed E-state index contributed by atoms with van der Waals surface area (Å²) in [7, 11) is 3.11. The first-order valence-electron chi connectivity index (χ1n) is 9.63. The molecule has 30 heavy (non-hydrogen) atoms. The van der Waals surface area contributed by atoms with Crippen molar-refractivity contribution in [3.63, 3.8) is 0 Å². The van der Waals surface area contributed by atoms with Crippen LogP contribution in [0.3, 0.4) is 0 Å². The average molecular weight is 419 g/mol. The lowest BCUT2D eigenvalue weighted by Gasteiger charge is -2.15. The van der Waals surface area contributed by atoms with Gasteiger partial charge in [-0.2, -0.15) is 0 Å². The Kier molecular flexibility index (Phi) is 5.30. The van der Waals surface area contributed by atoms with Gasteiger partial charge >= 0.3 is 5.69 Å². The molecule has 0 amide bonds. The molecule has 6 nitrogen and oxygen atoms in total. The average Bonchev–Trinajstić information content (AvgIpc) is 2.76. The van der Waals surface area contributed by atoms with Crippen molar-refractivity contribution in [1.29, 1.82) is 0 Å². The fourth-order valence-corrected chi connectivity index (χ4v) is 4.45. The van der Waals surface area contributed by atoms with Crippen LogP contribution >= 0.6 is 11.8 Å². The lowest BCUT2D eigenvalue weighted by molar-refractivity contribution is 0.703. The van der Waals surface area contributed by atoms with Crippen molar-refractivity contribution >= 4 is 22.8 Å². The molecule has 4 aromatic rings. The minimum absolute atomic E-state index is 0.0663. The molecule has 2 aromatic heterocycles. The largest absolute Gasteiger partial charge is 0.332 e. The topological polar surface area (TPSA) is 69.8 Å². The monoisotopic (exact) mass is 418 g/mol. The maximum Gasteiger partial charge on any atom is 0.332 e. The van der Waals surface area contributed by atoms with E-state index < -0.39 is 5.69 Å². The molecular formula is C23H22N4O2S. The minimum atomic E-state index is -0.409. The van der Waals surface area contributed by atoms with Gasteiger partial charge in [-0.25, -0.2) is 14.8 Å². The van der Waals surface area contributed by atoms with Gasteiger partial charge in [-0.05, 0) is 25.5 Å². The molecule has 2 aromatic carbocycles. The third-order valence-corrected chi connectivity index (χ3v) is 6.24. The van der Waals surface area contributed by atoms with E-state index in [0.29, 0.717) is 21.9 Å². The predicted octanol–water partition coefficient (Wildman–Crippen LogP) is 3.86. The first-order chi connectivity index (χ1) is 14.4. The molecule has 152 valence electrons. The number of fused-ring (bicyclic) bond motifs is 1. The highest BCUT2D eigenvalue weighted by molar-refractivity contribution is 7.99. The van der Waals surface area contributed by atoms with Crippen molar-refractivity contribution in [1.82, 2.24) is 19.1 Å². The fraction of sp³-hybridized carbons (Fsp3) is 0.217. The number of thioether (sulfide) groups is 1. The maximum atomic E-state index is 13.0. The van der Waals surface area contributed by atoms with E-state index in [2.05, 4.69) is 24.0 Å². The van der Waals surface area contributed by atoms with Gasteiger partial charge < -0.3 is 0 Å². The standard InChI is InChI=1S/C23H22N4O2S/c1-14-9-8-12-17(13-14)19-24-20-18(22(28)27(4)23(29)26(20)3)21(25-19)30-15(2)16-10-6-5-7-11-16/h5-13,15H,1-4H3/t15-/m0/s1. The van der Waals surface area contributed by atoms with Gasteiger partial charge in [0.1, 0.15) is 10.4 Å². The first kappa shape index (κ1) is 20.1. The van der Waals surface area contributed by atoms with Crippen molar-refractivity contribution in [2.75, 3.05) is 0 Å². The SMILES string of the molecule is Cc1cccc(-c2nc(S[C@@H](C)c3ccccc3)c3c(=O)n(C)c(=O)n(C)c3n2)c1. The van der Waals surface area contributed by atoms with E-state index in [-0.39, 0.29) is 10.8 Å². The van der Waals surface area contributed by atoms with Crippen molar-refractivity contribution in [2.45, 2.75) is 24.1 Å². The Balaban J connectivity index is 1.98. The van der Waals surface area contributed by atoms with Crippen LogP contribution < -0.4 is 11.2 Å². The van der Waals surface area contributed by atoms with Crippen LogP contribution in [0.4, 0.5) is 0 Å². The first-order valence-corrected chi connectivity index (χ1v) is 10.5. The number of aryl methyl sites for hydroxylation is 2. The van der Waals surface area contributed by atoms with Gasteiger partial charge in [0.05, 0.1) is 0 Å². The molecule has 0 saturated heterocycles. The van der Waals surface area contributed by atoms with Gasteiger partial charge in [0.25, 0.3) is 5.56 Å². The van der Waals surface area contributed by atoms with Crippen LogP contribution in [0.1, 0.15) is 23.3 Å². The second kappa shape index (κ2) is 7.91. The molecule has 0 radical (unpaired) electrons. The molecule has 7 heteroatoms. The van der Waals surface area contributed by atoms with Crippen molar-refractivity contribution in [3.8, 4) is 11.4 Å². The second-order valence-corrected chi connectivity index (χ2v) is 8.63. The molecule has 0 spiro atoms. The Morgan fingerprint density at radius 3 is 2.37 bits per heavy atom. The minimum Gasteiger partial charge on any atom is -0.280 e. The summed E-state index contributed by atoms with van der Waals surface area (Å²) in [5.74, 6) is 0.497. The lowest BCUT2D eigenvalue weighted by atomic mass is 10.1.